The highest BCUT2D eigenvalue weighted by Gasteiger charge is 2.18. The predicted octanol–water partition coefficient (Wildman–Crippen LogP) is 2.47. The van der Waals surface area contributed by atoms with Gasteiger partial charge in [0, 0.05) is 50.8 Å². The molecule has 2 aromatic rings. The van der Waals surface area contributed by atoms with E-state index in [0.717, 1.165) is 56.7 Å². The average Bonchev–Trinajstić information content (AvgIpc) is 3.13. The van der Waals surface area contributed by atoms with Gasteiger partial charge in [-0.3, -0.25) is 9.89 Å². The Morgan fingerprint density at radius 1 is 1.21 bits per heavy atom. The smallest absolute Gasteiger partial charge is 0.191 e. The maximum Gasteiger partial charge on any atom is 0.191 e. The number of guanidine groups is 1. The van der Waals surface area contributed by atoms with Crippen molar-refractivity contribution < 1.29 is 4.39 Å². The van der Waals surface area contributed by atoms with Crippen LogP contribution in [-0.4, -0.2) is 62.2 Å². The maximum atomic E-state index is 13.9. The third kappa shape index (κ3) is 5.90. The lowest BCUT2D eigenvalue weighted by molar-refractivity contribution is 0.254. The molecule has 0 amide bonds. The number of nitrogens with one attached hydrogen (secondary N) is 2. The highest BCUT2D eigenvalue weighted by molar-refractivity contribution is 7.11. The summed E-state index contributed by atoms with van der Waals surface area (Å²) >= 11 is 1.70. The van der Waals surface area contributed by atoms with Gasteiger partial charge in [0.1, 0.15) is 10.8 Å². The van der Waals surface area contributed by atoms with Crippen molar-refractivity contribution in [3.8, 4) is 0 Å². The summed E-state index contributed by atoms with van der Waals surface area (Å²) in [6, 6.07) is 7.03. The Labute approximate surface area is 170 Å². The van der Waals surface area contributed by atoms with E-state index in [1.807, 2.05) is 18.3 Å². The molecular weight excluding hydrogens is 375 g/mol. The van der Waals surface area contributed by atoms with E-state index >= 15 is 0 Å². The lowest BCUT2D eigenvalue weighted by atomic mass is 10.2. The number of para-hydroxylation sites is 1. The summed E-state index contributed by atoms with van der Waals surface area (Å²) in [6.07, 6.45) is 2.93. The van der Waals surface area contributed by atoms with Crippen molar-refractivity contribution in [1.29, 1.82) is 0 Å². The molecule has 1 saturated heterocycles. The Balaban J connectivity index is 1.31. The number of aliphatic imine (C=N–C) groups is 1. The molecule has 0 bridgehead atoms. The van der Waals surface area contributed by atoms with E-state index < -0.39 is 0 Å². The zero-order valence-electron chi connectivity index (χ0n) is 16.6. The van der Waals surface area contributed by atoms with Crippen LogP contribution in [0.2, 0.25) is 0 Å². The Bertz CT molecular complexity index is 770. The number of hydrogen-bond donors (Lipinski definition) is 2. The molecule has 1 aliphatic heterocycles. The minimum Gasteiger partial charge on any atom is -0.367 e. The maximum absolute atomic E-state index is 13.9. The largest absolute Gasteiger partial charge is 0.367 e. The number of nitrogens with zero attached hydrogens (tertiary/aromatic N) is 4. The highest BCUT2D eigenvalue weighted by Crippen LogP contribution is 2.20. The SMILES string of the molecule is CN=C(NCCCN1CCN(c2ccccc2F)CC1)NCc1ncc(C)s1. The molecule has 3 rings (SSSR count). The number of benzene rings is 1. The fourth-order valence-corrected chi connectivity index (χ4v) is 4.02. The third-order valence-corrected chi connectivity index (χ3v) is 5.72. The summed E-state index contributed by atoms with van der Waals surface area (Å²) in [6.45, 7) is 8.30. The highest BCUT2D eigenvalue weighted by atomic mass is 32.1. The van der Waals surface area contributed by atoms with Gasteiger partial charge >= 0.3 is 0 Å². The fourth-order valence-electron chi connectivity index (χ4n) is 3.29. The van der Waals surface area contributed by atoms with Crippen LogP contribution >= 0.6 is 11.3 Å². The second kappa shape index (κ2) is 10.4. The van der Waals surface area contributed by atoms with Gasteiger partial charge in [0.2, 0.25) is 0 Å². The molecule has 0 saturated carbocycles. The number of rotatable bonds is 7. The standard InChI is InChI=1S/C20H29FN6S/c1-16-14-24-19(28-16)15-25-20(22-2)23-8-5-9-26-10-12-27(13-11-26)18-7-4-3-6-17(18)21/h3-4,6-7,14H,5,8-13,15H2,1-2H3,(H2,22,23,25). The second-order valence-electron chi connectivity index (χ2n) is 6.85. The van der Waals surface area contributed by atoms with E-state index in [2.05, 4.69) is 37.3 Å². The lowest BCUT2D eigenvalue weighted by Crippen LogP contribution is -2.47. The van der Waals surface area contributed by atoms with Gasteiger partial charge in [-0.2, -0.15) is 0 Å². The number of hydrogen-bond acceptors (Lipinski definition) is 5. The van der Waals surface area contributed by atoms with Crippen LogP contribution in [0.3, 0.4) is 0 Å². The zero-order chi connectivity index (χ0) is 19.8. The average molecular weight is 405 g/mol. The molecular formula is C20H29FN6S. The molecule has 1 fully saturated rings. The van der Waals surface area contributed by atoms with Crippen molar-refractivity contribution in [2.24, 2.45) is 4.99 Å². The topological polar surface area (TPSA) is 55.8 Å². The number of aryl methyl sites for hydroxylation is 1. The van der Waals surface area contributed by atoms with Gasteiger partial charge in [-0.25, -0.2) is 9.37 Å². The number of thiazole rings is 1. The van der Waals surface area contributed by atoms with Crippen molar-refractivity contribution in [3.63, 3.8) is 0 Å². The monoisotopic (exact) mass is 404 g/mol. The molecule has 8 heteroatoms. The van der Waals surface area contributed by atoms with E-state index in [1.165, 1.54) is 10.9 Å². The van der Waals surface area contributed by atoms with Crippen LogP contribution < -0.4 is 15.5 Å². The van der Waals surface area contributed by atoms with Crippen LogP contribution in [0.5, 0.6) is 0 Å². The molecule has 28 heavy (non-hydrogen) atoms. The summed E-state index contributed by atoms with van der Waals surface area (Å²) in [5, 5.41) is 7.72. The number of piperazine rings is 1. The molecule has 152 valence electrons. The molecule has 2 heterocycles. The molecule has 0 atom stereocenters. The number of aromatic nitrogens is 1. The molecule has 1 aromatic carbocycles. The first-order chi connectivity index (χ1) is 13.7. The Kier molecular flexibility index (Phi) is 7.62. The predicted molar refractivity (Wildman–Crippen MR) is 115 cm³/mol. The summed E-state index contributed by atoms with van der Waals surface area (Å²) < 4.78 is 13.9. The van der Waals surface area contributed by atoms with E-state index in [0.29, 0.717) is 12.2 Å². The van der Waals surface area contributed by atoms with Gasteiger partial charge in [0.05, 0.1) is 12.2 Å². The summed E-state index contributed by atoms with van der Waals surface area (Å²) in [5.41, 5.74) is 0.717. The fraction of sp³-hybridized carbons (Fsp3) is 0.500. The van der Waals surface area contributed by atoms with E-state index in [1.54, 1.807) is 24.5 Å². The van der Waals surface area contributed by atoms with Gasteiger partial charge < -0.3 is 15.5 Å². The van der Waals surface area contributed by atoms with Gasteiger partial charge in [0.15, 0.2) is 5.96 Å². The van der Waals surface area contributed by atoms with Crippen LogP contribution in [0.1, 0.15) is 16.3 Å². The molecule has 0 aliphatic carbocycles. The first kappa shape index (κ1) is 20.5. The Morgan fingerprint density at radius 2 is 2.00 bits per heavy atom. The van der Waals surface area contributed by atoms with Crippen molar-refractivity contribution in [2.45, 2.75) is 19.9 Å². The first-order valence-electron chi connectivity index (χ1n) is 9.73. The summed E-state index contributed by atoms with van der Waals surface area (Å²) in [7, 11) is 1.78. The molecule has 1 aliphatic rings. The third-order valence-electron chi connectivity index (χ3n) is 4.81. The minimum absolute atomic E-state index is 0.132. The second-order valence-corrected chi connectivity index (χ2v) is 8.17. The Morgan fingerprint density at radius 3 is 2.68 bits per heavy atom. The van der Waals surface area contributed by atoms with E-state index in [4.69, 9.17) is 0 Å². The van der Waals surface area contributed by atoms with Crippen molar-refractivity contribution in [2.75, 3.05) is 51.2 Å². The zero-order valence-corrected chi connectivity index (χ0v) is 17.4. The van der Waals surface area contributed by atoms with Crippen LogP contribution in [0, 0.1) is 12.7 Å². The van der Waals surface area contributed by atoms with Gasteiger partial charge in [-0.15, -0.1) is 11.3 Å². The minimum atomic E-state index is -0.132. The molecule has 6 nitrogen and oxygen atoms in total. The normalized spacial score (nSPS) is 15.7. The van der Waals surface area contributed by atoms with Crippen molar-refractivity contribution in [3.05, 3.63) is 46.2 Å². The lowest BCUT2D eigenvalue weighted by Gasteiger charge is -2.36. The van der Waals surface area contributed by atoms with Crippen LogP contribution in [0.25, 0.3) is 0 Å². The van der Waals surface area contributed by atoms with Gasteiger partial charge in [0.25, 0.3) is 0 Å². The molecule has 0 unspecified atom stereocenters. The number of anilines is 1. The molecule has 1 aromatic heterocycles. The number of halogens is 1. The molecule has 0 spiro atoms. The van der Waals surface area contributed by atoms with Gasteiger partial charge in [-0.1, -0.05) is 12.1 Å². The molecule has 2 N–H and O–H groups in total. The Hall–Kier alpha value is -2.19. The van der Waals surface area contributed by atoms with Crippen LogP contribution in [0.15, 0.2) is 35.5 Å². The molecule has 0 radical (unpaired) electrons. The first-order valence-corrected chi connectivity index (χ1v) is 10.5. The summed E-state index contributed by atoms with van der Waals surface area (Å²) in [5.74, 6) is 0.671. The van der Waals surface area contributed by atoms with Crippen molar-refractivity contribution >= 4 is 23.0 Å². The summed E-state index contributed by atoms with van der Waals surface area (Å²) in [4.78, 5) is 14.4. The van der Waals surface area contributed by atoms with E-state index in [-0.39, 0.29) is 5.82 Å². The van der Waals surface area contributed by atoms with Crippen molar-refractivity contribution in [1.82, 2.24) is 20.5 Å². The quantitative estimate of drug-likeness (QED) is 0.422. The van der Waals surface area contributed by atoms with Crippen LogP contribution in [-0.2, 0) is 6.54 Å². The van der Waals surface area contributed by atoms with Crippen LogP contribution in [0.4, 0.5) is 10.1 Å². The van der Waals surface area contributed by atoms with E-state index in [9.17, 15) is 4.39 Å². The van der Waals surface area contributed by atoms with Gasteiger partial charge in [-0.05, 0) is 32.0 Å².